The zero-order valence-corrected chi connectivity index (χ0v) is 27.2. The number of carbonyl (C=O) groups is 1. The zero-order chi connectivity index (χ0) is 31.3. The van der Waals surface area contributed by atoms with Crippen molar-refractivity contribution in [2.24, 2.45) is 0 Å². The van der Waals surface area contributed by atoms with Gasteiger partial charge in [-0.05, 0) is 97.9 Å². The van der Waals surface area contributed by atoms with Crippen LogP contribution in [0.15, 0.2) is 24.3 Å². The van der Waals surface area contributed by atoms with Crippen LogP contribution in [0, 0.1) is 0 Å². The highest BCUT2D eigenvalue weighted by Crippen LogP contribution is 2.48. The topological polar surface area (TPSA) is 115 Å². The molecule has 7 nitrogen and oxygen atoms in total. The summed E-state index contributed by atoms with van der Waals surface area (Å²) in [5, 5.41) is 24.3. The van der Waals surface area contributed by atoms with E-state index in [2.05, 4.69) is 57.6 Å². The van der Waals surface area contributed by atoms with E-state index in [-0.39, 0.29) is 5.78 Å². The largest absolute Gasteiger partial charge is 0.380 e. The standard InChI is InChI=1S/C36H48N4O3/c1-9-21-22(10-2)27-19-31-35(42,15-7)36(43,16-8)32(40-31)20-28-24(12-4)23(11-3)26(38-28)18-30-34(13-5,14-6)33(41)29(39-30)17-25(21)37-27/h17-20,37-38,42-43H,9-16H2,1-8H3/t35-,36+/m0/s1. The van der Waals surface area contributed by atoms with Crippen LogP contribution >= 0.6 is 0 Å². The van der Waals surface area contributed by atoms with E-state index in [4.69, 9.17) is 9.97 Å². The first-order valence-corrected chi connectivity index (χ1v) is 16.3. The van der Waals surface area contributed by atoms with Crippen molar-refractivity contribution in [2.45, 2.75) is 123 Å². The van der Waals surface area contributed by atoms with Crippen molar-refractivity contribution in [3.8, 4) is 0 Å². The Bertz CT molecular complexity index is 1730. The summed E-state index contributed by atoms with van der Waals surface area (Å²) in [6.07, 6.45) is 5.06. The number of aryl methyl sites for hydroxylation is 4. The van der Waals surface area contributed by atoms with E-state index < -0.39 is 16.6 Å². The summed E-state index contributed by atoms with van der Waals surface area (Å²) < 4.78 is 0. The lowest BCUT2D eigenvalue weighted by Gasteiger charge is -2.36. The Labute approximate surface area is 255 Å². The Morgan fingerprint density at radius 2 is 0.930 bits per heavy atom. The summed E-state index contributed by atoms with van der Waals surface area (Å²) in [5.74, 6) is 0.0627. The maximum absolute atomic E-state index is 14.1. The fraction of sp³-hybridized carbons (Fsp3) is 0.528. The smallest absolute Gasteiger partial charge is 0.193 e. The van der Waals surface area contributed by atoms with Gasteiger partial charge in [0.25, 0.3) is 0 Å². The SMILES string of the molecule is CCc1c(CC)c2cc3nc(cc4[nH]c(cc5nc(cc1[nH]2)C(=O)C5(CC)CC)c(CC)c4CC)[C@](O)(CC)[C@]3(O)CC. The first kappa shape index (κ1) is 31.1. The van der Waals surface area contributed by atoms with Crippen molar-refractivity contribution in [1.29, 1.82) is 0 Å². The number of carbonyl (C=O) groups excluding carboxylic acids is 1. The number of rotatable bonds is 8. The molecule has 3 aromatic heterocycles. The molecule has 0 spiro atoms. The number of hydrogen-bond donors (Lipinski definition) is 4. The van der Waals surface area contributed by atoms with Gasteiger partial charge in [-0.1, -0.05) is 55.4 Å². The van der Waals surface area contributed by atoms with Crippen LogP contribution in [0.25, 0.3) is 22.1 Å². The number of ketones is 1. The second-order valence-electron chi connectivity index (χ2n) is 12.1. The van der Waals surface area contributed by atoms with Gasteiger partial charge in [-0.2, -0.15) is 0 Å². The highest BCUT2D eigenvalue weighted by molar-refractivity contribution is 6.05. The number of hydrogen-bond acceptors (Lipinski definition) is 5. The number of aliphatic hydroxyl groups is 2. The van der Waals surface area contributed by atoms with Crippen LogP contribution in [0.1, 0.15) is 131 Å². The molecule has 43 heavy (non-hydrogen) atoms. The molecule has 0 radical (unpaired) electrons. The van der Waals surface area contributed by atoms with E-state index in [1.165, 1.54) is 5.56 Å². The van der Waals surface area contributed by atoms with Crippen LogP contribution in [0.3, 0.4) is 0 Å². The van der Waals surface area contributed by atoms with E-state index in [0.717, 1.165) is 70.1 Å². The van der Waals surface area contributed by atoms with Gasteiger partial charge in [0.2, 0.25) is 0 Å². The number of aromatic nitrogens is 4. The fourth-order valence-corrected chi connectivity index (χ4v) is 7.74. The average Bonchev–Trinajstić information content (AvgIpc) is 3.67. The van der Waals surface area contributed by atoms with Gasteiger partial charge in [-0.15, -0.1) is 0 Å². The normalized spacial score (nSPS) is 21.5. The molecule has 2 aliphatic rings. The molecule has 0 saturated carbocycles. The highest BCUT2D eigenvalue weighted by atomic mass is 16.4. The van der Waals surface area contributed by atoms with Crippen molar-refractivity contribution in [2.75, 3.05) is 0 Å². The highest BCUT2D eigenvalue weighted by Gasteiger charge is 2.55. The van der Waals surface area contributed by atoms with Gasteiger partial charge in [0.1, 0.15) is 16.9 Å². The lowest BCUT2D eigenvalue weighted by Crippen LogP contribution is -2.45. The second kappa shape index (κ2) is 11.3. The summed E-state index contributed by atoms with van der Waals surface area (Å²) in [4.78, 5) is 31.3. The molecule has 5 rings (SSSR count). The summed E-state index contributed by atoms with van der Waals surface area (Å²) in [7, 11) is 0. The van der Waals surface area contributed by atoms with Gasteiger partial charge in [0.15, 0.2) is 5.78 Å². The molecular weight excluding hydrogens is 536 g/mol. The zero-order valence-electron chi connectivity index (χ0n) is 27.2. The minimum atomic E-state index is -1.56. The van der Waals surface area contributed by atoms with Crippen LogP contribution in [0.4, 0.5) is 0 Å². The van der Waals surface area contributed by atoms with E-state index in [1.807, 2.05) is 32.0 Å². The average molecular weight is 585 g/mol. The van der Waals surface area contributed by atoms with Gasteiger partial charge in [0.05, 0.1) is 22.5 Å². The predicted octanol–water partition coefficient (Wildman–Crippen LogP) is 7.40. The maximum Gasteiger partial charge on any atom is 0.193 e. The van der Waals surface area contributed by atoms with Gasteiger partial charge >= 0.3 is 0 Å². The van der Waals surface area contributed by atoms with Crippen molar-refractivity contribution >= 4 is 27.9 Å². The third kappa shape index (κ3) is 4.33. The number of nitrogens with one attached hydrogen (secondary N) is 2. The van der Waals surface area contributed by atoms with E-state index >= 15 is 0 Å². The fourth-order valence-electron chi connectivity index (χ4n) is 7.74. The summed E-state index contributed by atoms with van der Waals surface area (Å²) >= 11 is 0. The molecule has 0 amide bonds. The minimum absolute atomic E-state index is 0.0627. The molecule has 4 N–H and O–H groups in total. The molecule has 2 aliphatic heterocycles. The van der Waals surface area contributed by atoms with Crippen LogP contribution in [0.2, 0.25) is 0 Å². The molecule has 0 unspecified atom stereocenters. The Balaban J connectivity index is 2.06. The quantitative estimate of drug-likeness (QED) is 0.220. The van der Waals surface area contributed by atoms with Gasteiger partial charge < -0.3 is 20.2 Å². The summed E-state index contributed by atoms with van der Waals surface area (Å²) in [6, 6.07) is 7.81. The molecule has 3 aromatic rings. The number of fused-ring (bicyclic) bond motifs is 8. The van der Waals surface area contributed by atoms with Crippen molar-refractivity contribution in [3.63, 3.8) is 0 Å². The molecule has 8 bridgehead atoms. The van der Waals surface area contributed by atoms with E-state index in [1.54, 1.807) is 0 Å². The Morgan fingerprint density at radius 3 is 1.28 bits per heavy atom. The first-order chi connectivity index (χ1) is 20.6. The lowest BCUT2D eigenvalue weighted by molar-refractivity contribution is -0.162. The molecule has 7 heteroatoms. The Morgan fingerprint density at radius 1 is 0.558 bits per heavy atom. The molecule has 2 atom stereocenters. The third-order valence-electron chi connectivity index (χ3n) is 10.5. The number of Topliss-reactive ketones (excluding diaryl/α,β-unsaturated/α-hetero) is 1. The van der Waals surface area contributed by atoms with Crippen molar-refractivity contribution < 1.29 is 15.0 Å². The number of nitrogens with zero attached hydrogens (tertiary/aromatic N) is 2. The molecule has 0 fully saturated rings. The van der Waals surface area contributed by atoms with Crippen LogP contribution < -0.4 is 0 Å². The molecule has 230 valence electrons. The Kier molecular flexibility index (Phi) is 8.20. The summed E-state index contributed by atoms with van der Waals surface area (Å²) in [6.45, 7) is 16.4. The second-order valence-corrected chi connectivity index (χ2v) is 12.1. The van der Waals surface area contributed by atoms with Gasteiger partial charge in [-0.25, -0.2) is 4.98 Å². The van der Waals surface area contributed by atoms with Crippen molar-refractivity contribution in [1.82, 2.24) is 19.9 Å². The van der Waals surface area contributed by atoms with E-state index in [0.29, 0.717) is 42.8 Å². The molecular formula is C36H48N4O3. The Hall–Kier alpha value is -3.29. The third-order valence-corrected chi connectivity index (χ3v) is 10.5. The minimum Gasteiger partial charge on any atom is -0.380 e. The monoisotopic (exact) mass is 584 g/mol. The molecule has 0 aliphatic carbocycles. The predicted molar refractivity (Wildman–Crippen MR) is 173 cm³/mol. The summed E-state index contributed by atoms with van der Waals surface area (Å²) in [5.41, 5.74) is 6.40. The maximum atomic E-state index is 14.1. The van der Waals surface area contributed by atoms with Crippen LogP contribution in [0.5, 0.6) is 0 Å². The lowest BCUT2D eigenvalue weighted by atomic mass is 9.76. The number of aromatic amines is 2. The van der Waals surface area contributed by atoms with Gasteiger partial charge in [0, 0.05) is 22.1 Å². The van der Waals surface area contributed by atoms with Crippen LogP contribution in [-0.4, -0.2) is 35.9 Å². The molecule has 5 heterocycles. The van der Waals surface area contributed by atoms with Gasteiger partial charge in [-0.3, -0.25) is 9.78 Å². The number of H-pyrrole nitrogens is 2. The molecule has 0 saturated heterocycles. The van der Waals surface area contributed by atoms with Crippen LogP contribution in [-0.2, 0) is 42.3 Å². The molecule has 0 aromatic carbocycles. The van der Waals surface area contributed by atoms with Crippen molar-refractivity contribution in [3.05, 3.63) is 69.3 Å². The first-order valence-electron chi connectivity index (χ1n) is 16.3. The van der Waals surface area contributed by atoms with E-state index in [9.17, 15) is 15.0 Å².